The summed E-state index contributed by atoms with van der Waals surface area (Å²) in [5, 5.41) is 5.65. The second-order valence-electron chi connectivity index (χ2n) is 7.29. The van der Waals surface area contributed by atoms with E-state index in [4.69, 9.17) is 4.74 Å². The molecule has 0 radical (unpaired) electrons. The van der Waals surface area contributed by atoms with Crippen LogP contribution in [0.15, 0.2) is 48.5 Å². The molecule has 30 heavy (non-hydrogen) atoms. The predicted molar refractivity (Wildman–Crippen MR) is 117 cm³/mol. The molecule has 8 nitrogen and oxygen atoms in total. The van der Waals surface area contributed by atoms with E-state index in [1.165, 1.54) is 10.6 Å². The molecule has 1 aliphatic rings. The average molecular weight is 433 g/mol. The fourth-order valence-corrected chi connectivity index (χ4v) is 4.10. The van der Waals surface area contributed by atoms with Crippen molar-refractivity contribution in [2.75, 3.05) is 44.9 Å². The van der Waals surface area contributed by atoms with Gasteiger partial charge in [0.2, 0.25) is 10.0 Å². The predicted octanol–water partition coefficient (Wildman–Crippen LogP) is 2.09. The first-order valence-corrected chi connectivity index (χ1v) is 11.6. The molecule has 2 aromatic rings. The summed E-state index contributed by atoms with van der Waals surface area (Å²) in [6.45, 7) is 3.64. The van der Waals surface area contributed by atoms with Crippen LogP contribution in [0.1, 0.15) is 11.1 Å². The number of sulfonamides is 1. The molecule has 9 heteroatoms. The molecule has 0 spiro atoms. The molecule has 1 aliphatic heterocycles. The van der Waals surface area contributed by atoms with Crippen LogP contribution in [-0.4, -0.2) is 63.2 Å². The van der Waals surface area contributed by atoms with Crippen molar-refractivity contribution in [3.63, 3.8) is 0 Å². The minimum atomic E-state index is -3.11. The first kappa shape index (κ1) is 22.1. The summed E-state index contributed by atoms with van der Waals surface area (Å²) in [6, 6.07) is 14.9. The molecule has 0 unspecified atom stereocenters. The van der Waals surface area contributed by atoms with Crippen LogP contribution < -0.4 is 15.4 Å². The van der Waals surface area contributed by atoms with Gasteiger partial charge in [-0.2, -0.15) is 4.31 Å². The number of piperazine rings is 1. The van der Waals surface area contributed by atoms with Crippen LogP contribution in [0.2, 0.25) is 0 Å². The largest absolute Gasteiger partial charge is 0.497 e. The Morgan fingerprint density at radius 3 is 2.13 bits per heavy atom. The monoisotopic (exact) mass is 432 g/mol. The highest BCUT2D eigenvalue weighted by Gasteiger charge is 2.23. The molecule has 1 heterocycles. The molecule has 2 N–H and O–H groups in total. The molecule has 0 aliphatic carbocycles. The number of amides is 2. The third kappa shape index (κ3) is 6.45. The lowest BCUT2D eigenvalue weighted by Crippen LogP contribution is -2.47. The summed E-state index contributed by atoms with van der Waals surface area (Å²) >= 11 is 0. The Bertz CT molecular complexity index is 938. The smallest absolute Gasteiger partial charge is 0.319 e. The highest BCUT2D eigenvalue weighted by molar-refractivity contribution is 7.88. The maximum atomic E-state index is 12.1. The van der Waals surface area contributed by atoms with Gasteiger partial charge < -0.3 is 15.4 Å². The maximum absolute atomic E-state index is 12.1. The number of carbonyl (C=O) groups excluding carboxylic acids is 1. The fraction of sp³-hybridized carbons (Fsp3) is 0.381. The summed E-state index contributed by atoms with van der Waals surface area (Å²) in [5.74, 6) is 0.778. The summed E-state index contributed by atoms with van der Waals surface area (Å²) in [5.41, 5.74) is 2.82. The number of ether oxygens (including phenoxy) is 1. The lowest BCUT2D eigenvalue weighted by atomic mass is 10.2. The van der Waals surface area contributed by atoms with Crippen molar-refractivity contribution in [3.8, 4) is 5.75 Å². The molecule has 2 aromatic carbocycles. The highest BCUT2D eigenvalue weighted by Crippen LogP contribution is 2.14. The number of urea groups is 1. The minimum Gasteiger partial charge on any atom is -0.497 e. The van der Waals surface area contributed by atoms with Gasteiger partial charge in [-0.3, -0.25) is 4.90 Å². The Kier molecular flexibility index (Phi) is 7.30. The number of hydrogen-bond acceptors (Lipinski definition) is 5. The zero-order valence-electron chi connectivity index (χ0n) is 17.3. The van der Waals surface area contributed by atoms with Gasteiger partial charge in [-0.25, -0.2) is 13.2 Å². The number of anilines is 1. The van der Waals surface area contributed by atoms with E-state index in [1.54, 1.807) is 7.11 Å². The van der Waals surface area contributed by atoms with Crippen molar-refractivity contribution in [2.45, 2.75) is 13.1 Å². The van der Waals surface area contributed by atoms with Crippen LogP contribution in [0.25, 0.3) is 0 Å². The van der Waals surface area contributed by atoms with Crippen molar-refractivity contribution in [1.29, 1.82) is 0 Å². The van der Waals surface area contributed by atoms with E-state index in [2.05, 4.69) is 15.5 Å². The van der Waals surface area contributed by atoms with Gasteiger partial charge in [0.1, 0.15) is 5.75 Å². The van der Waals surface area contributed by atoms with Crippen LogP contribution in [0.3, 0.4) is 0 Å². The van der Waals surface area contributed by atoms with E-state index < -0.39 is 10.0 Å². The highest BCUT2D eigenvalue weighted by atomic mass is 32.2. The van der Waals surface area contributed by atoms with Gasteiger partial charge in [-0.15, -0.1) is 0 Å². The van der Waals surface area contributed by atoms with Gasteiger partial charge in [0.15, 0.2) is 0 Å². The maximum Gasteiger partial charge on any atom is 0.319 e. The zero-order chi connectivity index (χ0) is 21.6. The second-order valence-corrected chi connectivity index (χ2v) is 9.27. The normalized spacial score (nSPS) is 15.5. The average Bonchev–Trinajstić information content (AvgIpc) is 2.74. The van der Waals surface area contributed by atoms with Gasteiger partial charge in [-0.05, 0) is 35.4 Å². The Morgan fingerprint density at radius 2 is 1.57 bits per heavy atom. The molecule has 0 saturated carbocycles. The van der Waals surface area contributed by atoms with Gasteiger partial charge in [0.05, 0.1) is 13.4 Å². The van der Waals surface area contributed by atoms with Crippen LogP contribution in [0.5, 0.6) is 5.75 Å². The van der Waals surface area contributed by atoms with Crippen molar-refractivity contribution in [3.05, 3.63) is 59.7 Å². The Labute approximate surface area is 177 Å². The molecule has 1 saturated heterocycles. The molecule has 0 atom stereocenters. The standard InChI is InChI=1S/C21H28N4O4S/c1-29-20-9-5-17(6-10-20)15-22-21(26)23-19-7-3-18(4-8-19)16-24-11-13-25(14-12-24)30(2,27)28/h3-10H,11-16H2,1-2H3,(H2,22,23,26). The molecular weight excluding hydrogens is 404 g/mol. The number of benzene rings is 2. The van der Waals surface area contributed by atoms with E-state index in [1.807, 2.05) is 48.5 Å². The molecule has 0 bridgehead atoms. The van der Waals surface area contributed by atoms with E-state index >= 15 is 0 Å². The third-order valence-corrected chi connectivity index (χ3v) is 6.33. The van der Waals surface area contributed by atoms with Crippen molar-refractivity contribution < 1.29 is 17.9 Å². The van der Waals surface area contributed by atoms with Gasteiger partial charge in [0, 0.05) is 45.0 Å². The van der Waals surface area contributed by atoms with Crippen LogP contribution in [-0.2, 0) is 23.1 Å². The fourth-order valence-electron chi connectivity index (χ4n) is 3.27. The first-order valence-electron chi connectivity index (χ1n) is 9.78. The van der Waals surface area contributed by atoms with Gasteiger partial charge in [0.25, 0.3) is 0 Å². The van der Waals surface area contributed by atoms with E-state index in [0.29, 0.717) is 38.4 Å². The first-order chi connectivity index (χ1) is 14.3. The van der Waals surface area contributed by atoms with E-state index in [9.17, 15) is 13.2 Å². The van der Waals surface area contributed by atoms with Gasteiger partial charge >= 0.3 is 6.03 Å². The summed E-state index contributed by atoms with van der Waals surface area (Å²) in [4.78, 5) is 14.3. The quantitative estimate of drug-likeness (QED) is 0.699. The lowest BCUT2D eigenvalue weighted by molar-refractivity contribution is 0.182. The molecular formula is C21H28N4O4S. The molecule has 3 rings (SSSR count). The molecule has 0 aromatic heterocycles. The van der Waals surface area contributed by atoms with Crippen LogP contribution in [0.4, 0.5) is 10.5 Å². The van der Waals surface area contributed by atoms with Crippen molar-refractivity contribution in [2.24, 2.45) is 0 Å². The number of hydrogen-bond donors (Lipinski definition) is 2. The lowest BCUT2D eigenvalue weighted by Gasteiger charge is -2.33. The zero-order valence-corrected chi connectivity index (χ0v) is 18.1. The number of carbonyl (C=O) groups is 1. The van der Waals surface area contributed by atoms with Crippen molar-refractivity contribution in [1.82, 2.24) is 14.5 Å². The second kappa shape index (κ2) is 9.92. The number of rotatable bonds is 7. The number of nitrogens with one attached hydrogen (secondary N) is 2. The minimum absolute atomic E-state index is 0.268. The Balaban J connectivity index is 1.43. The SMILES string of the molecule is COc1ccc(CNC(=O)Nc2ccc(CN3CCN(S(C)(=O)=O)CC3)cc2)cc1. The summed E-state index contributed by atoms with van der Waals surface area (Å²) < 4.78 is 29.8. The molecule has 162 valence electrons. The number of nitrogens with zero attached hydrogens (tertiary/aromatic N) is 2. The molecule has 2 amide bonds. The van der Waals surface area contributed by atoms with Crippen LogP contribution in [0, 0.1) is 0 Å². The Morgan fingerprint density at radius 1 is 0.967 bits per heavy atom. The Hall–Kier alpha value is -2.62. The van der Waals surface area contributed by atoms with Crippen LogP contribution >= 0.6 is 0 Å². The topological polar surface area (TPSA) is 91.0 Å². The molecule has 1 fully saturated rings. The summed E-state index contributed by atoms with van der Waals surface area (Å²) in [7, 11) is -1.49. The van der Waals surface area contributed by atoms with E-state index in [-0.39, 0.29) is 6.03 Å². The summed E-state index contributed by atoms with van der Waals surface area (Å²) in [6.07, 6.45) is 1.25. The number of methoxy groups -OCH3 is 1. The van der Waals surface area contributed by atoms with Gasteiger partial charge in [-0.1, -0.05) is 24.3 Å². The van der Waals surface area contributed by atoms with Crippen molar-refractivity contribution >= 4 is 21.7 Å². The third-order valence-electron chi connectivity index (χ3n) is 5.03. The van der Waals surface area contributed by atoms with E-state index in [0.717, 1.165) is 23.4 Å².